The fourth-order valence-corrected chi connectivity index (χ4v) is 4.60. The molecule has 0 bridgehead atoms. The fourth-order valence-electron chi connectivity index (χ4n) is 3.59. The van der Waals surface area contributed by atoms with E-state index in [9.17, 15) is 13.2 Å². The van der Waals surface area contributed by atoms with Gasteiger partial charge in [-0.2, -0.15) is 0 Å². The van der Waals surface area contributed by atoms with Gasteiger partial charge in [0.25, 0.3) is 5.91 Å². The van der Waals surface area contributed by atoms with Gasteiger partial charge in [0.1, 0.15) is 10.6 Å². The number of H-pyrrole nitrogens is 1. The Bertz CT molecular complexity index is 699. The average Bonchev–Trinajstić information content (AvgIpc) is 3.25. The summed E-state index contributed by atoms with van der Waals surface area (Å²) in [7, 11) is -2.13. The lowest BCUT2D eigenvalue weighted by Crippen LogP contribution is -2.44. The van der Waals surface area contributed by atoms with Gasteiger partial charge >= 0.3 is 0 Å². The average molecular weight is 370 g/mol. The summed E-state index contributed by atoms with van der Waals surface area (Å²) >= 11 is 0. The van der Waals surface area contributed by atoms with Crippen molar-refractivity contribution in [3.05, 3.63) is 18.0 Å². The van der Waals surface area contributed by atoms with Crippen molar-refractivity contribution in [2.24, 2.45) is 5.41 Å². The number of hydrogen-bond donors (Lipinski definition) is 3. The van der Waals surface area contributed by atoms with Crippen molar-refractivity contribution in [1.29, 1.82) is 0 Å². The van der Waals surface area contributed by atoms with Crippen LogP contribution < -0.4 is 10.0 Å². The Balaban J connectivity index is 1.61. The molecule has 1 spiro atoms. The zero-order valence-corrected chi connectivity index (χ0v) is 15.3. The van der Waals surface area contributed by atoms with Crippen LogP contribution in [0.1, 0.15) is 29.8 Å². The molecule has 1 amide bonds. The van der Waals surface area contributed by atoms with Gasteiger partial charge in [-0.15, -0.1) is 0 Å². The van der Waals surface area contributed by atoms with Crippen LogP contribution in [0.25, 0.3) is 0 Å². The van der Waals surface area contributed by atoms with Gasteiger partial charge in [0.2, 0.25) is 10.0 Å². The van der Waals surface area contributed by atoms with Crippen molar-refractivity contribution in [3.8, 4) is 0 Å². The maximum absolute atomic E-state index is 12.6. The van der Waals surface area contributed by atoms with Gasteiger partial charge < -0.3 is 19.9 Å². The number of methoxy groups -OCH3 is 1. The summed E-state index contributed by atoms with van der Waals surface area (Å²) < 4.78 is 31.6. The SMILES string of the molecule is COCCNS(=O)(=O)c1c[nH]c(C(=O)N2CCC3(CCNC3)CC2)c1. The van der Waals surface area contributed by atoms with Crippen LogP contribution >= 0.6 is 0 Å². The number of amides is 1. The van der Waals surface area contributed by atoms with Crippen LogP contribution in [-0.4, -0.2) is 70.6 Å². The summed E-state index contributed by atoms with van der Waals surface area (Å²) in [5.41, 5.74) is 0.652. The van der Waals surface area contributed by atoms with E-state index in [1.165, 1.54) is 25.8 Å². The van der Waals surface area contributed by atoms with Crippen molar-refractivity contribution in [1.82, 2.24) is 19.9 Å². The molecule has 1 aromatic rings. The lowest BCUT2D eigenvalue weighted by Gasteiger charge is -2.38. The number of rotatable bonds is 6. The van der Waals surface area contributed by atoms with Crippen molar-refractivity contribution in [2.75, 3.05) is 46.4 Å². The lowest BCUT2D eigenvalue weighted by molar-refractivity contribution is 0.0602. The van der Waals surface area contributed by atoms with Crippen molar-refractivity contribution >= 4 is 15.9 Å². The van der Waals surface area contributed by atoms with Crippen molar-refractivity contribution < 1.29 is 17.9 Å². The minimum atomic E-state index is -3.63. The third kappa shape index (κ3) is 4.05. The number of hydrogen-bond acceptors (Lipinski definition) is 5. The zero-order valence-electron chi connectivity index (χ0n) is 14.5. The highest BCUT2D eigenvalue weighted by atomic mass is 32.2. The number of ether oxygens (including phenoxy) is 1. The quantitative estimate of drug-likeness (QED) is 0.619. The molecule has 9 heteroatoms. The predicted octanol–water partition coefficient (Wildman–Crippen LogP) is 0.155. The Morgan fingerprint density at radius 1 is 1.36 bits per heavy atom. The van der Waals surface area contributed by atoms with Crippen LogP contribution in [0, 0.1) is 5.41 Å². The first-order chi connectivity index (χ1) is 12.0. The Hall–Kier alpha value is -1.42. The molecule has 140 valence electrons. The molecule has 1 aromatic heterocycles. The number of likely N-dealkylation sites (tertiary alicyclic amines) is 1. The molecule has 2 aliphatic rings. The molecule has 25 heavy (non-hydrogen) atoms. The molecule has 3 N–H and O–H groups in total. The normalized spacial score (nSPS) is 20.3. The molecule has 2 aliphatic heterocycles. The molecule has 0 aromatic carbocycles. The topological polar surface area (TPSA) is 104 Å². The maximum Gasteiger partial charge on any atom is 0.270 e. The maximum atomic E-state index is 12.6. The summed E-state index contributed by atoms with van der Waals surface area (Å²) in [5.74, 6) is -0.140. The summed E-state index contributed by atoms with van der Waals surface area (Å²) in [6.45, 7) is 4.01. The lowest BCUT2D eigenvalue weighted by atomic mass is 9.78. The molecule has 0 aliphatic carbocycles. The smallest absolute Gasteiger partial charge is 0.270 e. The van der Waals surface area contributed by atoms with Crippen LogP contribution in [-0.2, 0) is 14.8 Å². The first-order valence-electron chi connectivity index (χ1n) is 8.63. The molecular weight excluding hydrogens is 344 g/mol. The van der Waals surface area contributed by atoms with Crippen molar-refractivity contribution in [2.45, 2.75) is 24.2 Å². The molecule has 2 saturated heterocycles. The largest absolute Gasteiger partial charge is 0.383 e. The number of aromatic nitrogens is 1. The van der Waals surface area contributed by atoms with E-state index >= 15 is 0 Å². The van der Waals surface area contributed by atoms with Crippen LogP contribution in [0.2, 0.25) is 0 Å². The van der Waals surface area contributed by atoms with Gasteiger partial charge in [0.15, 0.2) is 0 Å². The monoisotopic (exact) mass is 370 g/mol. The molecule has 8 nitrogen and oxygen atoms in total. The van der Waals surface area contributed by atoms with Crippen LogP contribution in [0.15, 0.2) is 17.2 Å². The van der Waals surface area contributed by atoms with Crippen LogP contribution in [0.4, 0.5) is 0 Å². The number of aromatic amines is 1. The minimum absolute atomic E-state index is 0.0698. The highest BCUT2D eigenvalue weighted by Crippen LogP contribution is 2.37. The summed E-state index contributed by atoms with van der Waals surface area (Å²) in [6, 6.07) is 1.40. The van der Waals surface area contributed by atoms with Crippen LogP contribution in [0.3, 0.4) is 0 Å². The molecule has 0 unspecified atom stereocenters. The number of nitrogens with zero attached hydrogens (tertiary/aromatic N) is 1. The zero-order chi connectivity index (χ0) is 17.9. The second-order valence-corrected chi connectivity index (χ2v) is 8.63. The summed E-state index contributed by atoms with van der Waals surface area (Å²) in [4.78, 5) is 17.3. The number of carbonyl (C=O) groups excluding carboxylic acids is 1. The molecule has 0 radical (unpaired) electrons. The van der Waals surface area contributed by atoms with Gasteiger partial charge in [-0.05, 0) is 37.3 Å². The Morgan fingerprint density at radius 2 is 2.12 bits per heavy atom. The number of nitrogens with one attached hydrogen (secondary N) is 3. The Labute approximate surface area is 148 Å². The first-order valence-corrected chi connectivity index (χ1v) is 10.1. The van der Waals surface area contributed by atoms with Crippen molar-refractivity contribution in [3.63, 3.8) is 0 Å². The Kier molecular flexibility index (Phi) is 5.47. The van der Waals surface area contributed by atoms with E-state index in [1.54, 1.807) is 0 Å². The highest BCUT2D eigenvalue weighted by molar-refractivity contribution is 7.89. The predicted molar refractivity (Wildman–Crippen MR) is 92.9 cm³/mol. The number of carbonyl (C=O) groups is 1. The number of piperidine rings is 1. The van der Waals surface area contributed by atoms with Gasteiger partial charge in [-0.1, -0.05) is 0 Å². The van der Waals surface area contributed by atoms with E-state index in [1.807, 2.05) is 4.90 Å². The van der Waals surface area contributed by atoms with Gasteiger partial charge in [-0.25, -0.2) is 13.1 Å². The van der Waals surface area contributed by atoms with E-state index in [0.29, 0.717) is 30.8 Å². The molecule has 3 heterocycles. The third-order valence-corrected chi connectivity index (χ3v) is 6.68. The number of sulfonamides is 1. The standard InChI is InChI=1S/C16H26N4O4S/c1-24-9-6-19-25(22,23)13-10-14(18-11-13)15(21)20-7-3-16(4-8-20)2-5-17-12-16/h10-11,17-19H,2-9,12H2,1H3. The molecule has 0 saturated carbocycles. The second-order valence-electron chi connectivity index (χ2n) is 6.86. The van der Waals surface area contributed by atoms with Gasteiger partial charge in [0, 0.05) is 39.5 Å². The third-order valence-electron chi connectivity index (χ3n) is 5.24. The summed E-state index contributed by atoms with van der Waals surface area (Å²) in [6.07, 6.45) is 4.52. The van der Waals surface area contributed by atoms with E-state index in [4.69, 9.17) is 4.74 Å². The first kappa shape index (κ1) is 18.4. The molecule has 2 fully saturated rings. The van der Waals surface area contributed by atoms with E-state index in [2.05, 4.69) is 15.0 Å². The van der Waals surface area contributed by atoms with Gasteiger partial charge in [0.05, 0.1) is 6.61 Å². The second kappa shape index (κ2) is 7.45. The van der Waals surface area contributed by atoms with Gasteiger partial charge in [-0.3, -0.25) is 4.79 Å². The van der Waals surface area contributed by atoms with Crippen LogP contribution in [0.5, 0.6) is 0 Å². The molecular formula is C16H26N4O4S. The summed E-state index contributed by atoms with van der Waals surface area (Å²) in [5, 5.41) is 3.41. The van der Waals surface area contributed by atoms with E-state index < -0.39 is 10.0 Å². The molecule has 3 rings (SSSR count). The van der Waals surface area contributed by atoms with E-state index in [-0.39, 0.29) is 17.3 Å². The van der Waals surface area contributed by atoms with E-state index in [0.717, 1.165) is 25.9 Å². The molecule has 0 atom stereocenters. The Morgan fingerprint density at radius 3 is 2.76 bits per heavy atom. The highest BCUT2D eigenvalue weighted by Gasteiger charge is 2.38. The fraction of sp³-hybridized carbons (Fsp3) is 0.688. The minimum Gasteiger partial charge on any atom is -0.383 e.